The van der Waals surface area contributed by atoms with E-state index in [1.807, 2.05) is 54.6 Å². The van der Waals surface area contributed by atoms with Gasteiger partial charge in [0.2, 0.25) is 0 Å². The lowest BCUT2D eigenvalue weighted by Gasteiger charge is -2.05. The average molecular weight is 302 g/mol. The van der Waals surface area contributed by atoms with Gasteiger partial charge in [-0.15, -0.1) is 0 Å². The molecular formula is C18H14N4O. The van der Waals surface area contributed by atoms with Crippen molar-refractivity contribution in [2.75, 3.05) is 5.32 Å². The quantitative estimate of drug-likeness (QED) is 0.803. The number of hydrogen-bond acceptors (Lipinski definition) is 4. The number of carbonyl (C=O) groups excluding carboxylic acids is 1. The summed E-state index contributed by atoms with van der Waals surface area (Å²) in [5, 5.41) is 2.81. The largest absolute Gasteiger partial charge is 0.321 e. The molecule has 0 saturated heterocycles. The number of nitrogens with zero attached hydrogens (tertiary/aromatic N) is 3. The van der Waals surface area contributed by atoms with Crippen molar-refractivity contribution in [3.05, 3.63) is 84.2 Å². The van der Waals surface area contributed by atoms with E-state index in [9.17, 15) is 4.79 Å². The van der Waals surface area contributed by atoms with Crippen LogP contribution < -0.4 is 5.32 Å². The fourth-order valence-electron chi connectivity index (χ4n) is 1.99. The third-order valence-electron chi connectivity index (χ3n) is 3.07. The van der Waals surface area contributed by atoms with Gasteiger partial charge in [-0.3, -0.25) is 14.8 Å². The molecule has 5 nitrogen and oxygen atoms in total. The van der Waals surface area contributed by atoms with E-state index in [2.05, 4.69) is 20.3 Å². The lowest BCUT2D eigenvalue weighted by Crippen LogP contribution is -2.13. The monoisotopic (exact) mass is 302 g/mol. The van der Waals surface area contributed by atoms with E-state index in [1.165, 1.54) is 18.6 Å². The van der Waals surface area contributed by atoms with Crippen molar-refractivity contribution in [1.82, 2.24) is 15.0 Å². The molecule has 1 N–H and O–H groups in total. The van der Waals surface area contributed by atoms with E-state index < -0.39 is 0 Å². The Balaban J connectivity index is 1.73. The van der Waals surface area contributed by atoms with E-state index in [4.69, 9.17) is 0 Å². The molecule has 0 bridgehead atoms. The zero-order valence-electron chi connectivity index (χ0n) is 12.3. The summed E-state index contributed by atoms with van der Waals surface area (Å²) in [4.78, 5) is 24.2. The van der Waals surface area contributed by atoms with Gasteiger partial charge >= 0.3 is 0 Å². The van der Waals surface area contributed by atoms with Crippen LogP contribution in [0.4, 0.5) is 5.69 Å². The summed E-state index contributed by atoms with van der Waals surface area (Å²) in [7, 11) is 0. The molecule has 0 fully saturated rings. The Labute approximate surface area is 133 Å². The van der Waals surface area contributed by atoms with Gasteiger partial charge in [-0.25, -0.2) is 4.98 Å². The standard InChI is InChI=1S/C18H14N4O/c23-18(17-13-19-10-11-21-17)22-16-6-3-4-14(12-16)7-8-15-5-1-2-9-20-15/h1-13H,(H,22,23). The molecule has 0 radical (unpaired) electrons. The van der Waals surface area contributed by atoms with Gasteiger partial charge in [0.15, 0.2) is 0 Å². The number of anilines is 1. The van der Waals surface area contributed by atoms with Crippen LogP contribution in [0.5, 0.6) is 0 Å². The zero-order valence-corrected chi connectivity index (χ0v) is 12.3. The third-order valence-corrected chi connectivity index (χ3v) is 3.07. The van der Waals surface area contributed by atoms with Crippen molar-refractivity contribution in [2.45, 2.75) is 0 Å². The van der Waals surface area contributed by atoms with E-state index in [0.717, 1.165) is 11.3 Å². The second kappa shape index (κ2) is 7.09. The van der Waals surface area contributed by atoms with E-state index in [-0.39, 0.29) is 11.6 Å². The molecule has 3 rings (SSSR count). The first-order valence-corrected chi connectivity index (χ1v) is 7.08. The topological polar surface area (TPSA) is 67.8 Å². The molecule has 0 unspecified atom stereocenters. The molecule has 0 aliphatic rings. The Morgan fingerprint density at radius 1 is 0.957 bits per heavy atom. The second-order valence-electron chi connectivity index (χ2n) is 4.76. The van der Waals surface area contributed by atoms with Gasteiger partial charge in [-0.05, 0) is 35.9 Å². The van der Waals surface area contributed by atoms with Crippen LogP contribution in [0.2, 0.25) is 0 Å². The van der Waals surface area contributed by atoms with Gasteiger partial charge in [-0.1, -0.05) is 24.3 Å². The Morgan fingerprint density at radius 3 is 2.70 bits per heavy atom. The molecule has 112 valence electrons. The number of amides is 1. The number of aromatic nitrogens is 3. The SMILES string of the molecule is O=C(Nc1cccc(C=Cc2ccccn2)c1)c1cnccn1. The Hall–Kier alpha value is -3.34. The van der Waals surface area contributed by atoms with Gasteiger partial charge in [-0.2, -0.15) is 0 Å². The van der Waals surface area contributed by atoms with Crippen LogP contribution in [-0.2, 0) is 0 Å². The van der Waals surface area contributed by atoms with Crippen LogP contribution in [0.25, 0.3) is 12.2 Å². The minimum absolute atomic E-state index is 0.280. The molecule has 1 amide bonds. The van der Waals surface area contributed by atoms with E-state index >= 15 is 0 Å². The predicted octanol–water partition coefficient (Wildman–Crippen LogP) is 3.29. The molecule has 0 atom stereocenters. The highest BCUT2D eigenvalue weighted by Crippen LogP contribution is 2.14. The summed E-state index contributed by atoms with van der Waals surface area (Å²) in [6.45, 7) is 0. The predicted molar refractivity (Wildman–Crippen MR) is 89.6 cm³/mol. The van der Waals surface area contributed by atoms with Crippen LogP contribution in [0.3, 0.4) is 0 Å². The molecule has 2 heterocycles. The second-order valence-corrected chi connectivity index (χ2v) is 4.76. The molecule has 0 aliphatic carbocycles. The van der Waals surface area contributed by atoms with Crippen LogP contribution in [0.1, 0.15) is 21.7 Å². The van der Waals surface area contributed by atoms with Crippen molar-refractivity contribution in [3.8, 4) is 0 Å². The Morgan fingerprint density at radius 2 is 1.91 bits per heavy atom. The summed E-state index contributed by atoms with van der Waals surface area (Å²) in [6, 6.07) is 13.3. The van der Waals surface area contributed by atoms with E-state index in [1.54, 1.807) is 6.20 Å². The molecule has 23 heavy (non-hydrogen) atoms. The zero-order chi connectivity index (χ0) is 15.9. The third kappa shape index (κ3) is 4.07. The highest BCUT2D eigenvalue weighted by molar-refractivity contribution is 6.02. The summed E-state index contributed by atoms with van der Waals surface area (Å²) in [5.41, 5.74) is 2.82. The molecule has 2 aromatic heterocycles. The number of rotatable bonds is 4. The summed E-state index contributed by atoms with van der Waals surface area (Å²) < 4.78 is 0. The summed E-state index contributed by atoms with van der Waals surface area (Å²) in [6.07, 6.45) is 10.1. The number of carbonyl (C=O) groups is 1. The lowest BCUT2D eigenvalue weighted by atomic mass is 10.1. The van der Waals surface area contributed by atoms with Crippen LogP contribution in [0, 0.1) is 0 Å². The molecule has 3 aromatic rings. The first kappa shape index (κ1) is 14.6. The van der Waals surface area contributed by atoms with Crippen molar-refractivity contribution in [1.29, 1.82) is 0 Å². The Bertz CT molecular complexity index is 817. The number of nitrogens with one attached hydrogen (secondary N) is 1. The smallest absolute Gasteiger partial charge is 0.275 e. The van der Waals surface area contributed by atoms with Crippen LogP contribution in [0.15, 0.2) is 67.3 Å². The summed E-state index contributed by atoms with van der Waals surface area (Å²) in [5.74, 6) is -0.288. The average Bonchev–Trinajstić information content (AvgIpc) is 2.62. The first-order valence-electron chi connectivity index (χ1n) is 7.08. The van der Waals surface area contributed by atoms with E-state index in [0.29, 0.717) is 5.69 Å². The van der Waals surface area contributed by atoms with Gasteiger partial charge in [0.1, 0.15) is 5.69 Å². The molecule has 5 heteroatoms. The Kier molecular flexibility index (Phi) is 4.49. The van der Waals surface area contributed by atoms with Crippen molar-refractivity contribution >= 4 is 23.7 Å². The maximum atomic E-state index is 12.1. The fourth-order valence-corrected chi connectivity index (χ4v) is 1.99. The minimum atomic E-state index is -0.288. The highest BCUT2D eigenvalue weighted by atomic mass is 16.1. The molecule has 0 saturated carbocycles. The molecule has 0 aliphatic heterocycles. The fraction of sp³-hybridized carbons (Fsp3) is 0. The van der Waals surface area contributed by atoms with Crippen molar-refractivity contribution in [2.24, 2.45) is 0 Å². The van der Waals surface area contributed by atoms with Crippen molar-refractivity contribution < 1.29 is 4.79 Å². The van der Waals surface area contributed by atoms with Gasteiger partial charge < -0.3 is 5.32 Å². The van der Waals surface area contributed by atoms with Gasteiger partial charge in [0.25, 0.3) is 5.91 Å². The highest BCUT2D eigenvalue weighted by Gasteiger charge is 2.07. The maximum Gasteiger partial charge on any atom is 0.275 e. The molecular weight excluding hydrogens is 288 g/mol. The number of hydrogen-bond donors (Lipinski definition) is 1. The molecule has 0 spiro atoms. The van der Waals surface area contributed by atoms with Crippen LogP contribution >= 0.6 is 0 Å². The first-order chi connectivity index (χ1) is 11.3. The van der Waals surface area contributed by atoms with Crippen molar-refractivity contribution in [3.63, 3.8) is 0 Å². The normalized spacial score (nSPS) is 10.6. The van der Waals surface area contributed by atoms with Crippen LogP contribution in [-0.4, -0.2) is 20.9 Å². The van der Waals surface area contributed by atoms with Gasteiger partial charge in [0.05, 0.1) is 11.9 Å². The molecule has 1 aromatic carbocycles. The lowest BCUT2D eigenvalue weighted by molar-refractivity contribution is 0.102. The van der Waals surface area contributed by atoms with Gasteiger partial charge in [0, 0.05) is 24.3 Å². The minimum Gasteiger partial charge on any atom is -0.321 e. The summed E-state index contributed by atoms with van der Waals surface area (Å²) >= 11 is 0. The maximum absolute atomic E-state index is 12.1. The number of pyridine rings is 1. The number of benzene rings is 1.